The van der Waals surface area contributed by atoms with E-state index in [9.17, 15) is 14.7 Å². The molecule has 1 aromatic carbocycles. The Labute approximate surface area is 200 Å². The van der Waals surface area contributed by atoms with E-state index in [0.717, 1.165) is 51.4 Å². The van der Waals surface area contributed by atoms with E-state index in [1.54, 1.807) is 0 Å². The maximum Gasteiger partial charge on any atom is 0.305 e. The van der Waals surface area contributed by atoms with Gasteiger partial charge in [-0.25, -0.2) is 0 Å². The minimum absolute atomic E-state index is 0.182. The lowest BCUT2D eigenvalue weighted by Gasteiger charge is -2.26. The van der Waals surface area contributed by atoms with Gasteiger partial charge in [0.05, 0.1) is 13.2 Å². The number of carbonyl (C=O) groups excluding carboxylic acids is 2. The molecular weight excluding hydrogens is 414 g/mol. The number of ether oxygens (including phenoxy) is 1. The van der Waals surface area contributed by atoms with Crippen LogP contribution in [0, 0.1) is 5.92 Å². The Kier molecular flexibility index (Phi) is 12.9. The molecule has 1 aliphatic heterocycles. The Morgan fingerprint density at radius 2 is 1.94 bits per heavy atom. The Hall–Kier alpha value is -2.14. The number of esters is 1. The molecule has 1 heterocycles. The molecule has 184 valence electrons. The van der Waals surface area contributed by atoms with Gasteiger partial charge in [-0.1, -0.05) is 62.2 Å². The Bertz CT molecular complexity index is 718. The largest absolute Gasteiger partial charge is 0.469 e. The summed E-state index contributed by atoms with van der Waals surface area (Å²) >= 11 is 0. The number of allylic oxidation sites excluding steroid dienone is 1. The first-order valence-corrected chi connectivity index (χ1v) is 12.7. The molecule has 5 heteroatoms. The van der Waals surface area contributed by atoms with Crippen molar-refractivity contribution < 1.29 is 19.4 Å². The molecule has 3 atom stereocenters. The second-order valence-electron chi connectivity index (χ2n) is 9.39. The Morgan fingerprint density at radius 3 is 2.70 bits per heavy atom. The third kappa shape index (κ3) is 10.6. The van der Waals surface area contributed by atoms with E-state index in [1.807, 2.05) is 17.1 Å². The Morgan fingerprint density at radius 1 is 1.15 bits per heavy atom. The predicted octanol–water partition coefficient (Wildman–Crippen LogP) is 5.46. The number of nitrogens with zero attached hydrogens (tertiary/aromatic N) is 1. The van der Waals surface area contributed by atoms with Gasteiger partial charge in [0.15, 0.2) is 0 Å². The molecule has 1 N–H and O–H groups in total. The van der Waals surface area contributed by atoms with Crippen LogP contribution in [-0.4, -0.2) is 47.7 Å². The van der Waals surface area contributed by atoms with Gasteiger partial charge in [-0.05, 0) is 62.8 Å². The van der Waals surface area contributed by atoms with Gasteiger partial charge in [0.1, 0.15) is 0 Å². The summed E-state index contributed by atoms with van der Waals surface area (Å²) in [5.41, 5.74) is 1.40. The molecule has 1 aromatic rings. The molecule has 0 aromatic heterocycles. The summed E-state index contributed by atoms with van der Waals surface area (Å²) in [4.78, 5) is 25.4. The van der Waals surface area contributed by atoms with Crippen LogP contribution in [0.25, 0.3) is 0 Å². The zero-order valence-corrected chi connectivity index (χ0v) is 20.6. The summed E-state index contributed by atoms with van der Waals surface area (Å²) in [7, 11) is 1.40. The van der Waals surface area contributed by atoms with E-state index in [4.69, 9.17) is 0 Å². The summed E-state index contributed by atoms with van der Waals surface area (Å²) in [6.07, 6.45) is 14.6. The lowest BCUT2D eigenvalue weighted by molar-refractivity contribution is -0.140. The van der Waals surface area contributed by atoms with Gasteiger partial charge in [0.2, 0.25) is 5.91 Å². The van der Waals surface area contributed by atoms with Crippen LogP contribution in [0.4, 0.5) is 0 Å². The zero-order chi connectivity index (χ0) is 23.9. The van der Waals surface area contributed by atoms with Crippen molar-refractivity contribution in [1.29, 1.82) is 0 Å². The van der Waals surface area contributed by atoms with Gasteiger partial charge >= 0.3 is 5.97 Å². The van der Waals surface area contributed by atoms with Gasteiger partial charge in [-0.3, -0.25) is 9.59 Å². The number of methoxy groups -OCH3 is 1. The summed E-state index contributed by atoms with van der Waals surface area (Å²) in [6, 6.07) is 10.8. The van der Waals surface area contributed by atoms with E-state index in [-0.39, 0.29) is 24.0 Å². The average molecular weight is 458 g/mol. The third-order valence-electron chi connectivity index (χ3n) is 6.82. The molecule has 0 bridgehead atoms. The van der Waals surface area contributed by atoms with Gasteiger partial charge in [-0.15, -0.1) is 0 Å². The molecule has 0 aliphatic carbocycles. The van der Waals surface area contributed by atoms with Crippen LogP contribution < -0.4 is 0 Å². The minimum atomic E-state index is -0.300. The molecule has 0 unspecified atom stereocenters. The quantitative estimate of drug-likeness (QED) is 0.203. The van der Waals surface area contributed by atoms with Crippen molar-refractivity contribution in [3.8, 4) is 0 Å². The fraction of sp³-hybridized carbons (Fsp3) is 0.643. The molecule has 1 aliphatic rings. The molecule has 33 heavy (non-hydrogen) atoms. The van der Waals surface area contributed by atoms with Crippen LogP contribution in [0.1, 0.15) is 83.1 Å². The van der Waals surface area contributed by atoms with Crippen molar-refractivity contribution in [3.63, 3.8) is 0 Å². The molecule has 0 spiro atoms. The fourth-order valence-corrected chi connectivity index (χ4v) is 4.57. The average Bonchev–Trinajstić information content (AvgIpc) is 3.18. The van der Waals surface area contributed by atoms with Crippen molar-refractivity contribution in [1.82, 2.24) is 4.90 Å². The van der Waals surface area contributed by atoms with Crippen molar-refractivity contribution >= 4 is 11.9 Å². The number of unbranched alkanes of at least 4 members (excludes halogenated alkanes) is 3. The highest BCUT2D eigenvalue weighted by Crippen LogP contribution is 2.25. The van der Waals surface area contributed by atoms with E-state index < -0.39 is 0 Å². The van der Waals surface area contributed by atoms with E-state index in [2.05, 4.69) is 42.0 Å². The summed E-state index contributed by atoms with van der Waals surface area (Å²) in [6.45, 7) is 2.77. The lowest BCUT2D eigenvalue weighted by atomic mass is 9.92. The highest BCUT2D eigenvalue weighted by molar-refractivity contribution is 5.78. The SMILES string of the molecule is COC(=O)CCC/C=C\CN1C(=O)CC[C@@H]1CC[C@@H](O)[C@@H](C)CCCCCc1ccccc1. The number of rotatable bonds is 16. The zero-order valence-electron chi connectivity index (χ0n) is 20.6. The van der Waals surface area contributed by atoms with Crippen LogP contribution in [0.5, 0.6) is 0 Å². The number of hydrogen-bond donors (Lipinski definition) is 1. The number of aliphatic hydroxyl groups is 1. The molecule has 2 rings (SSSR count). The number of likely N-dealkylation sites (tertiary alicyclic amines) is 1. The second-order valence-corrected chi connectivity index (χ2v) is 9.39. The van der Waals surface area contributed by atoms with Gasteiger partial charge in [0.25, 0.3) is 0 Å². The van der Waals surface area contributed by atoms with Gasteiger partial charge < -0.3 is 14.7 Å². The van der Waals surface area contributed by atoms with Gasteiger partial charge in [0, 0.05) is 25.4 Å². The first kappa shape index (κ1) is 27.1. The molecule has 0 radical (unpaired) electrons. The predicted molar refractivity (Wildman–Crippen MR) is 133 cm³/mol. The number of amides is 1. The van der Waals surface area contributed by atoms with Crippen LogP contribution in [-0.2, 0) is 20.7 Å². The number of aliphatic hydroxyl groups excluding tert-OH is 1. The van der Waals surface area contributed by atoms with Crippen LogP contribution >= 0.6 is 0 Å². The molecule has 0 saturated carbocycles. The van der Waals surface area contributed by atoms with Crippen molar-refractivity contribution in [2.45, 2.75) is 96.1 Å². The summed E-state index contributed by atoms with van der Waals surface area (Å²) < 4.78 is 4.64. The van der Waals surface area contributed by atoms with E-state index in [1.165, 1.54) is 25.5 Å². The summed E-state index contributed by atoms with van der Waals surface area (Å²) in [5.74, 6) is 0.320. The number of carbonyl (C=O) groups is 2. The van der Waals surface area contributed by atoms with Crippen molar-refractivity contribution in [2.75, 3.05) is 13.7 Å². The number of hydrogen-bond acceptors (Lipinski definition) is 4. The van der Waals surface area contributed by atoms with E-state index in [0.29, 0.717) is 25.3 Å². The highest BCUT2D eigenvalue weighted by atomic mass is 16.5. The topological polar surface area (TPSA) is 66.8 Å². The molecule has 1 amide bonds. The van der Waals surface area contributed by atoms with Gasteiger partial charge in [-0.2, -0.15) is 0 Å². The number of aryl methyl sites for hydroxylation is 1. The first-order chi connectivity index (χ1) is 16.0. The van der Waals surface area contributed by atoms with Crippen molar-refractivity contribution in [3.05, 3.63) is 48.0 Å². The van der Waals surface area contributed by atoms with Crippen molar-refractivity contribution in [2.24, 2.45) is 5.92 Å². The smallest absolute Gasteiger partial charge is 0.305 e. The van der Waals surface area contributed by atoms with Crippen LogP contribution in [0.15, 0.2) is 42.5 Å². The molecule has 1 fully saturated rings. The molecular formula is C28H43NO4. The Balaban J connectivity index is 1.60. The normalized spacial score (nSPS) is 18.1. The van der Waals surface area contributed by atoms with Crippen LogP contribution in [0.3, 0.4) is 0 Å². The standard InChI is InChI=1S/C28H43NO4/c1-23(13-7-5-8-14-24-15-9-6-10-16-24)26(30)20-18-25-19-21-27(31)29(25)22-12-4-3-11-17-28(32)33-2/h4,6,9-10,12,15-16,23,25-26,30H,3,5,7-8,11,13-14,17-22H2,1-2H3/b12-4-/t23-,25-,26+/m0/s1. The molecule has 1 saturated heterocycles. The minimum Gasteiger partial charge on any atom is -0.469 e. The molecule has 5 nitrogen and oxygen atoms in total. The fourth-order valence-electron chi connectivity index (χ4n) is 4.57. The lowest BCUT2D eigenvalue weighted by Crippen LogP contribution is -2.34. The van der Waals surface area contributed by atoms with Crippen LogP contribution in [0.2, 0.25) is 0 Å². The third-order valence-corrected chi connectivity index (χ3v) is 6.82. The maximum absolute atomic E-state index is 12.3. The van der Waals surface area contributed by atoms with E-state index >= 15 is 0 Å². The monoisotopic (exact) mass is 457 g/mol. The summed E-state index contributed by atoms with van der Waals surface area (Å²) in [5, 5.41) is 10.6. The first-order valence-electron chi connectivity index (χ1n) is 12.7. The highest BCUT2D eigenvalue weighted by Gasteiger charge is 2.30. The second kappa shape index (κ2) is 15.7. The maximum atomic E-state index is 12.3. The number of benzene rings is 1.